The maximum absolute atomic E-state index is 10.4. The van der Waals surface area contributed by atoms with Crippen molar-refractivity contribution < 1.29 is 14.3 Å². The summed E-state index contributed by atoms with van der Waals surface area (Å²) in [6, 6.07) is 0.491. The maximum atomic E-state index is 10.4. The third-order valence-corrected chi connectivity index (χ3v) is 3.54. The molecule has 1 aliphatic heterocycles. The first kappa shape index (κ1) is 11.7. The van der Waals surface area contributed by atoms with E-state index in [2.05, 4.69) is 10.1 Å². The summed E-state index contributed by atoms with van der Waals surface area (Å²) in [5.74, 6) is 0. The van der Waals surface area contributed by atoms with Gasteiger partial charge in [0.15, 0.2) is 0 Å². The van der Waals surface area contributed by atoms with Crippen molar-refractivity contribution in [1.29, 1.82) is 0 Å². The quantitative estimate of drug-likeness (QED) is 0.697. The number of carbonyl (C=O) groups excluding carboxylic acids is 1. The highest BCUT2D eigenvalue weighted by molar-refractivity contribution is 5.64. The Kier molecular flexibility index (Phi) is 3.66. The van der Waals surface area contributed by atoms with Crippen molar-refractivity contribution in [3.63, 3.8) is 0 Å². The fourth-order valence-corrected chi connectivity index (χ4v) is 2.54. The number of nitrogens with one attached hydrogen (secondary N) is 1. The first-order chi connectivity index (χ1) is 7.70. The molecule has 1 saturated heterocycles. The van der Waals surface area contributed by atoms with Crippen molar-refractivity contribution in [2.45, 2.75) is 43.7 Å². The molecule has 92 valence electrons. The van der Waals surface area contributed by atoms with Crippen molar-refractivity contribution in [3.8, 4) is 0 Å². The second-order valence-corrected chi connectivity index (χ2v) is 4.70. The molecule has 1 atom stereocenters. The zero-order chi connectivity index (χ0) is 11.4. The minimum absolute atomic E-state index is 0.167. The van der Waals surface area contributed by atoms with E-state index in [4.69, 9.17) is 10.5 Å². The van der Waals surface area contributed by atoms with Crippen LogP contribution in [0.1, 0.15) is 32.1 Å². The monoisotopic (exact) mass is 228 g/mol. The Morgan fingerprint density at radius 2 is 2.38 bits per heavy atom. The molecule has 1 saturated carbocycles. The van der Waals surface area contributed by atoms with E-state index in [1.54, 1.807) is 0 Å². The molecule has 16 heavy (non-hydrogen) atoms. The summed E-state index contributed by atoms with van der Waals surface area (Å²) in [4.78, 5) is 10.4. The Morgan fingerprint density at radius 3 is 3.00 bits per heavy atom. The highest BCUT2D eigenvalue weighted by Crippen LogP contribution is 2.42. The highest BCUT2D eigenvalue weighted by Gasteiger charge is 2.42. The van der Waals surface area contributed by atoms with Crippen LogP contribution in [0, 0.1) is 0 Å². The van der Waals surface area contributed by atoms with Gasteiger partial charge < -0.3 is 20.5 Å². The fourth-order valence-electron chi connectivity index (χ4n) is 2.54. The van der Waals surface area contributed by atoms with E-state index >= 15 is 0 Å². The summed E-state index contributed by atoms with van der Waals surface area (Å²) in [6.07, 6.45) is 5.11. The lowest BCUT2D eigenvalue weighted by molar-refractivity contribution is -0.135. The minimum Gasteiger partial charge on any atom is -0.448 e. The second kappa shape index (κ2) is 5.01. The Balaban J connectivity index is 1.64. The Hall–Kier alpha value is -0.810. The molecule has 2 rings (SSSR count). The molecule has 1 heterocycles. The van der Waals surface area contributed by atoms with Gasteiger partial charge in [0.1, 0.15) is 6.61 Å². The van der Waals surface area contributed by atoms with Gasteiger partial charge >= 0.3 is 6.09 Å². The first-order valence-corrected chi connectivity index (χ1v) is 6.00. The van der Waals surface area contributed by atoms with Gasteiger partial charge in [0.25, 0.3) is 0 Å². The average Bonchev–Trinajstić information content (AvgIpc) is 2.22. The standard InChI is InChI=1S/C11H20N2O3/c12-10(14)15-7-5-13-9-2-6-16-11(8-9)3-1-4-11/h9,13H,1-8H2,(H2,12,14). The molecule has 5 heteroatoms. The van der Waals surface area contributed by atoms with Gasteiger partial charge in [0.2, 0.25) is 0 Å². The van der Waals surface area contributed by atoms with Crippen LogP contribution < -0.4 is 11.1 Å². The number of ether oxygens (including phenoxy) is 2. The number of nitrogens with two attached hydrogens (primary N) is 1. The lowest BCUT2D eigenvalue weighted by atomic mass is 9.74. The van der Waals surface area contributed by atoms with E-state index < -0.39 is 6.09 Å². The Morgan fingerprint density at radius 1 is 1.56 bits per heavy atom. The van der Waals surface area contributed by atoms with Crippen LogP contribution in [0.25, 0.3) is 0 Å². The van der Waals surface area contributed by atoms with Gasteiger partial charge in [0.05, 0.1) is 5.60 Å². The van der Waals surface area contributed by atoms with Gasteiger partial charge in [-0.3, -0.25) is 0 Å². The first-order valence-electron chi connectivity index (χ1n) is 6.00. The van der Waals surface area contributed by atoms with Gasteiger partial charge in [0, 0.05) is 19.2 Å². The summed E-state index contributed by atoms with van der Waals surface area (Å²) in [5, 5.41) is 3.39. The van der Waals surface area contributed by atoms with Crippen LogP contribution in [-0.4, -0.2) is 37.5 Å². The van der Waals surface area contributed by atoms with Crippen molar-refractivity contribution >= 4 is 6.09 Å². The summed E-state index contributed by atoms with van der Waals surface area (Å²) < 4.78 is 10.5. The molecule has 1 aliphatic carbocycles. The van der Waals surface area contributed by atoms with E-state index in [1.807, 2.05) is 0 Å². The number of rotatable bonds is 4. The van der Waals surface area contributed by atoms with Gasteiger partial charge in [-0.05, 0) is 32.1 Å². The number of hydrogen-bond acceptors (Lipinski definition) is 4. The molecule has 1 unspecified atom stereocenters. The summed E-state index contributed by atoms with van der Waals surface area (Å²) in [5.41, 5.74) is 5.04. The van der Waals surface area contributed by atoms with Crippen molar-refractivity contribution in [2.24, 2.45) is 5.73 Å². The molecule has 0 aromatic rings. The molecule has 1 amide bonds. The molecule has 2 aliphatic rings. The number of carbonyl (C=O) groups is 1. The molecule has 3 N–H and O–H groups in total. The van der Waals surface area contributed by atoms with E-state index in [9.17, 15) is 4.79 Å². The van der Waals surface area contributed by atoms with Crippen molar-refractivity contribution in [1.82, 2.24) is 5.32 Å². The van der Waals surface area contributed by atoms with Gasteiger partial charge in [-0.1, -0.05) is 0 Å². The maximum Gasteiger partial charge on any atom is 0.404 e. The van der Waals surface area contributed by atoms with Crippen molar-refractivity contribution in [2.75, 3.05) is 19.8 Å². The summed E-state index contributed by atoms with van der Waals surface area (Å²) in [7, 11) is 0. The van der Waals surface area contributed by atoms with Crippen LogP contribution >= 0.6 is 0 Å². The normalized spacial score (nSPS) is 27.4. The van der Waals surface area contributed by atoms with Gasteiger partial charge in [-0.15, -0.1) is 0 Å². The molecule has 2 fully saturated rings. The van der Waals surface area contributed by atoms with Crippen LogP contribution in [0.4, 0.5) is 4.79 Å². The third-order valence-electron chi connectivity index (χ3n) is 3.54. The van der Waals surface area contributed by atoms with E-state index in [0.717, 1.165) is 19.4 Å². The molecule has 0 aromatic heterocycles. The van der Waals surface area contributed by atoms with Crippen molar-refractivity contribution in [3.05, 3.63) is 0 Å². The van der Waals surface area contributed by atoms with E-state index in [-0.39, 0.29) is 5.60 Å². The van der Waals surface area contributed by atoms with Crippen LogP contribution in [0.15, 0.2) is 0 Å². The molecular formula is C11H20N2O3. The third kappa shape index (κ3) is 2.86. The predicted molar refractivity (Wildman–Crippen MR) is 59.1 cm³/mol. The van der Waals surface area contributed by atoms with Crippen LogP contribution in [0.5, 0.6) is 0 Å². The molecule has 5 nitrogen and oxygen atoms in total. The SMILES string of the molecule is NC(=O)OCCNC1CCOC2(CCC2)C1. The second-order valence-electron chi connectivity index (χ2n) is 4.70. The van der Waals surface area contributed by atoms with E-state index in [0.29, 0.717) is 19.2 Å². The van der Waals surface area contributed by atoms with Crippen LogP contribution in [0.2, 0.25) is 0 Å². The molecule has 0 aromatic carbocycles. The summed E-state index contributed by atoms with van der Waals surface area (Å²) in [6.45, 7) is 1.86. The zero-order valence-electron chi connectivity index (χ0n) is 9.54. The van der Waals surface area contributed by atoms with E-state index in [1.165, 1.54) is 19.3 Å². The minimum atomic E-state index is -0.704. The van der Waals surface area contributed by atoms with Gasteiger partial charge in [-0.25, -0.2) is 4.79 Å². The molecule has 0 radical (unpaired) electrons. The number of primary amides is 1. The fraction of sp³-hybridized carbons (Fsp3) is 0.909. The Bertz CT molecular complexity index is 254. The van der Waals surface area contributed by atoms with Gasteiger partial charge in [-0.2, -0.15) is 0 Å². The Labute approximate surface area is 95.7 Å². The largest absolute Gasteiger partial charge is 0.448 e. The smallest absolute Gasteiger partial charge is 0.404 e. The summed E-state index contributed by atoms with van der Waals surface area (Å²) >= 11 is 0. The number of amides is 1. The molecular weight excluding hydrogens is 208 g/mol. The average molecular weight is 228 g/mol. The zero-order valence-corrected chi connectivity index (χ0v) is 9.54. The molecule has 1 spiro atoms. The topological polar surface area (TPSA) is 73.6 Å². The lowest BCUT2D eigenvalue weighted by Gasteiger charge is -2.47. The number of hydrogen-bond donors (Lipinski definition) is 2. The van der Waals surface area contributed by atoms with Crippen LogP contribution in [-0.2, 0) is 9.47 Å². The van der Waals surface area contributed by atoms with Crippen LogP contribution in [0.3, 0.4) is 0 Å². The predicted octanol–water partition coefficient (Wildman–Crippen LogP) is 0.773. The lowest BCUT2D eigenvalue weighted by Crippen LogP contribution is -2.51. The molecule has 0 bridgehead atoms. The highest BCUT2D eigenvalue weighted by atomic mass is 16.5.